The van der Waals surface area contributed by atoms with Crippen molar-refractivity contribution in [2.24, 2.45) is 5.92 Å². The lowest BCUT2D eigenvalue weighted by Gasteiger charge is -2.27. The second-order valence-corrected chi connectivity index (χ2v) is 7.94. The van der Waals surface area contributed by atoms with Crippen LogP contribution in [0.2, 0.25) is 0 Å². The highest BCUT2D eigenvalue weighted by atomic mass is 32.2. The van der Waals surface area contributed by atoms with E-state index in [0.717, 1.165) is 28.6 Å². The van der Waals surface area contributed by atoms with Gasteiger partial charge in [0, 0.05) is 5.56 Å². The van der Waals surface area contributed by atoms with Gasteiger partial charge in [-0.2, -0.15) is 0 Å². The second-order valence-electron chi connectivity index (χ2n) is 6.27. The number of carbonyl (C=O) groups is 2. The monoisotopic (exact) mass is 389 g/mol. The molecule has 3 rings (SSSR count). The summed E-state index contributed by atoms with van der Waals surface area (Å²) >= 11 is 6.44. The summed E-state index contributed by atoms with van der Waals surface area (Å²) in [5, 5.41) is 9.57. The fourth-order valence-electron chi connectivity index (χ4n) is 2.94. The van der Waals surface area contributed by atoms with E-state index in [9.17, 15) is 14.7 Å². The van der Waals surface area contributed by atoms with E-state index in [1.165, 1.54) is 4.90 Å². The summed E-state index contributed by atoms with van der Waals surface area (Å²) in [6, 6.07) is 6.72. The molecule has 2 aliphatic heterocycles. The molecule has 1 saturated heterocycles. The first kappa shape index (κ1) is 18.7. The number of aliphatic carboxylic acids is 1. The predicted octanol–water partition coefficient (Wildman–Crippen LogP) is 3.71. The maximum atomic E-state index is 12.8. The summed E-state index contributed by atoms with van der Waals surface area (Å²) in [5.41, 5.74) is 1.79. The molecule has 0 aromatic heterocycles. The molecule has 2 heterocycles. The minimum atomic E-state index is -1.04. The van der Waals surface area contributed by atoms with Crippen LogP contribution in [0.3, 0.4) is 0 Å². The molecule has 0 radical (unpaired) electrons. The Morgan fingerprint density at radius 3 is 2.88 bits per heavy atom. The summed E-state index contributed by atoms with van der Waals surface area (Å²) in [6.07, 6.45) is 4.35. The average molecular weight is 389 g/mol. The van der Waals surface area contributed by atoms with Crippen LogP contribution in [0, 0.1) is 5.92 Å². The highest BCUT2D eigenvalue weighted by molar-refractivity contribution is 8.26. The number of thioether (sulfide) groups is 1. The first-order chi connectivity index (χ1) is 12.4. The summed E-state index contributed by atoms with van der Waals surface area (Å²) in [7, 11) is 0. The average Bonchev–Trinajstić information content (AvgIpc) is 2.89. The molecule has 0 spiro atoms. The van der Waals surface area contributed by atoms with Crippen molar-refractivity contribution in [3.63, 3.8) is 0 Å². The van der Waals surface area contributed by atoms with E-state index in [1.54, 1.807) is 6.08 Å². The van der Waals surface area contributed by atoms with E-state index < -0.39 is 12.0 Å². The number of nitrogens with zero attached hydrogens (tertiary/aromatic N) is 1. The van der Waals surface area contributed by atoms with Crippen molar-refractivity contribution in [2.45, 2.75) is 26.3 Å². The first-order valence-corrected chi connectivity index (χ1v) is 9.57. The topological polar surface area (TPSA) is 66.8 Å². The van der Waals surface area contributed by atoms with E-state index in [0.29, 0.717) is 17.9 Å². The van der Waals surface area contributed by atoms with E-state index in [4.69, 9.17) is 17.0 Å². The number of fused-ring (bicyclic) bond motifs is 1. The Labute approximate surface area is 161 Å². The van der Waals surface area contributed by atoms with Crippen molar-refractivity contribution in [3.8, 4) is 5.75 Å². The number of hydrogen-bond acceptors (Lipinski definition) is 5. The smallest absolute Gasteiger partial charge is 0.327 e. The Morgan fingerprint density at radius 2 is 2.19 bits per heavy atom. The van der Waals surface area contributed by atoms with Crippen LogP contribution in [0.5, 0.6) is 5.75 Å². The van der Waals surface area contributed by atoms with E-state index in [-0.39, 0.29) is 16.1 Å². The molecule has 2 atom stereocenters. The zero-order chi connectivity index (χ0) is 18.8. The van der Waals surface area contributed by atoms with Gasteiger partial charge in [0.15, 0.2) is 0 Å². The van der Waals surface area contributed by atoms with Crippen molar-refractivity contribution in [3.05, 3.63) is 46.4 Å². The standard InChI is InChI=1S/C19H19NO4S2/c1-3-11(2)16(18(22)23)20-17(21)15(26-19(20)25)9-12-8-13-6-4-5-7-14(13)24-10-12/h4-9,11,16H,3,10H2,1-2H3,(H,22,23)/b15-9-. The second kappa shape index (κ2) is 7.63. The molecule has 2 unspecified atom stereocenters. The maximum Gasteiger partial charge on any atom is 0.327 e. The van der Waals surface area contributed by atoms with Crippen molar-refractivity contribution in [1.82, 2.24) is 4.90 Å². The van der Waals surface area contributed by atoms with Gasteiger partial charge in [-0.25, -0.2) is 4.79 Å². The van der Waals surface area contributed by atoms with Crippen LogP contribution in [0.15, 0.2) is 40.8 Å². The predicted molar refractivity (Wildman–Crippen MR) is 106 cm³/mol. The van der Waals surface area contributed by atoms with Gasteiger partial charge in [0.1, 0.15) is 22.7 Å². The van der Waals surface area contributed by atoms with Gasteiger partial charge in [-0.05, 0) is 29.7 Å². The highest BCUT2D eigenvalue weighted by Crippen LogP contribution is 2.36. The van der Waals surface area contributed by atoms with E-state index in [2.05, 4.69) is 0 Å². The number of ether oxygens (including phenoxy) is 1. The molecule has 0 bridgehead atoms. The number of amides is 1. The van der Waals surface area contributed by atoms with Gasteiger partial charge in [0.2, 0.25) is 0 Å². The van der Waals surface area contributed by atoms with Crippen LogP contribution in [0.4, 0.5) is 0 Å². The van der Waals surface area contributed by atoms with Gasteiger partial charge in [0.05, 0.1) is 4.91 Å². The number of carboxylic acid groups (broad SMARTS) is 1. The Hall–Kier alpha value is -2.12. The van der Waals surface area contributed by atoms with Crippen LogP contribution >= 0.6 is 24.0 Å². The molecule has 26 heavy (non-hydrogen) atoms. The maximum absolute atomic E-state index is 12.8. The normalized spacial score (nSPS) is 20.5. The number of carboxylic acids is 1. The Morgan fingerprint density at radius 1 is 1.46 bits per heavy atom. The fraction of sp³-hybridized carbons (Fsp3) is 0.316. The van der Waals surface area contributed by atoms with Crippen LogP contribution in [0.25, 0.3) is 6.08 Å². The lowest BCUT2D eigenvalue weighted by atomic mass is 9.98. The molecule has 2 aliphatic rings. The number of carbonyl (C=O) groups excluding carboxylic acids is 1. The molecule has 0 aliphatic carbocycles. The molecule has 0 saturated carbocycles. The lowest BCUT2D eigenvalue weighted by molar-refractivity contribution is -0.147. The number of benzene rings is 1. The number of hydrogen-bond donors (Lipinski definition) is 1. The molecule has 1 fully saturated rings. The zero-order valence-corrected chi connectivity index (χ0v) is 16.1. The van der Waals surface area contributed by atoms with Gasteiger partial charge < -0.3 is 9.84 Å². The molecule has 1 amide bonds. The summed E-state index contributed by atoms with van der Waals surface area (Å²) in [5.74, 6) is -0.781. The Kier molecular flexibility index (Phi) is 5.48. The summed E-state index contributed by atoms with van der Waals surface area (Å²) in [4.78, 5) is 26.2. The SMILES string of the molecule is CCC(C)C(C(=O)O)N1C(=O)/C(=C/C2=Cc3ccccc3OC2)SC1=S. The minimum absolute atomic E-state index is 0.196. The third-order valence-electron chi connectivity index (χ3n) is 4.51. The Balaban J connectivity index is 1.88. The van der Waals surface area contributed by atoms with Crippen LogP contribution in [-0.2, 0) is 9.59 Å². The molecule has 1 aromatic rings. The molecular weight excluding hydrogens is 370 g/mol. The lowest BCUT2D eigenvalue weighted by Crippen LogP contribution is -2.47. The minimum Gasteiger partial charge on any atom is -0.488 e. The number of rotatable bonds is 5. The van der Waals surface area contributed by atoms with Gasteiger partial charge in [-0.15, -0.1) is 0 Å². The van der Waals surface area contributed by atoms with Crippen molar-refractivity contribution in [2.75, 3.05) is 6.61 Å². The van der Waals surface area contributed by atoms with Gasteiger partial charge in [-0.1, -0.05) is 62.4 Å². The zero-order valence-electron chi connectivity index (χ0n) is 14.5. The third kappa shape index (κ3) is 3.54. The molecule has 1 N–H and O–H groups in total. The van der Waals surface area contributed by atoms with Gasteiger partial charge in [-0.3, -0.25) is 9.69 Å². The third-order valence-corrected chi connectivity index (χ3v) is 5.84. The molecular formula is C19H19NO4S2. The number of thiocarbonyl (C=S) groups is 1. The largest absolute Gasteiger partial charge is 0.488 e. The summed E-state index contributed by atoms with van der Waals surface area (Å²) < 4.78 is 5.99. The van der Waals surface area contributed by atoms with Crippen molar-refractivity contribution >= 4 is 46.3 Å². The van der Waals surface area contributed by atoms with Gasteiger partial charge in [0.25, 0.3) is 5.91 Å². The van der Waals surface area contributed by atoms with Crippen LogP contribution in [0.1, 0.15) is 25.8 Å². The highest BCUT2D eigenvalue weighted by Gasteiger charge is 2.42. The summed E-state index contributed by atoms with van der Waals surface area (Å²) in [6.45, 7) is 4.07. The molecule has 7 heteroatoms. The van der Waals surface area contributed by atoms with E-state index in [1.807, 2.05) is 44.2 Å². The molecule has 1 aromatic carbocycles. The van der Waals surface area contributed by atoms with Crippen LogP contribution < -0.4 is 4.74 Å². The Bertz CT molecular complexity index is 831. The van der Waals surface area contributed by atoms with Crippen LogP contribution in [-0.4, -0.2) is 38.9 Å². The van der Waals surface area contributed by atoms with Gasteiger partial charge >= 0.3 is 5.97 Å². The van der Waals surface area contributed by atoms with Crippen molar-refractivity contribution < 1.29 is 19.4 Å². The quantitative estimate of drug-likeness (QED) is 0.612. The van der Waals surface area contributed by atoms with Crippen molar-refractivity contribution in [1.29, 1.82) is 0 Å². The van der Waals surface area contributed by atoms with E-state index >= 15 is 0 Å². The first-order valence-electron chi connectivity index (χ1n) is 8.34. The molecule has 5 nitrogen and oxygen atoms in total. The molecule has 136 valence electrons. The number of para-hydroxylation sites is 1. The fourth-order valence-corrected chi connectivity index (χ4v) is 4.28.